The second kappa shape index (κ2) is 37.6. The highest BCUT2D eigenvalue weighted by Crippen LogP contribution is 2.27. The molecule has 12 N–H and O–H groups in total. The SMILES string of the molecule is O=C(O)c1cc(O)c(C(=O)O)cc1O.OCc1cc(C(O)CNCCCCCCOCCCCc2ccccc2)ccc1O.OCc1cc(C(O)CNCCCCCCOCCCCc2ccccc2)ccc1O. The van der Waals surface area contributed by atoms with Gasteiger partial charge in [-0.05, 0) is 136 Å². The van der Waals surface area contributed by atoms with Gasteiger partial charge < -0.3 is 71.2 Å². The summed E-state index contributed by atoms with van der Waals surface area (Å²) in [5.74, 6) is -4.19. The van der Waals surface area contributed by atoms with Gasteiger partial charge in [-0.1, -0.05) is 98.5 Å². The van der Waals surface area contributed by atoms with Crippen molar-refractivity contribution in [3.05, 3.63) is 154 Å². The third kappa shape index (κ3) is 25.7. The van der Waals surface area contributed by atoms with E-state index in [0.717, 1.165) is 117 Å². The topological polar surface area (TPSA) is 279 Å². The lowest BCUT2D eigenvalue weighted by molar-refractivity contribution is 0.0675. The highest BCUT2D eigenvalue weighted by Gasteiger charge is 2.18. The number of aromatic carboxylic acids is 2. The smallest absolute Gasteiger partial charge is 0.339 e. The summed E-state index contributed by atoms with van der Waals surface area (Å²) in [6.07, 6.45) is 14.5. The van der Waals surface area contributed by atoms with Gasteiger partial charge in [-0.25, -0.2) is 9.59 Å². The fraction of sp³-hybridized carbons (Fsp3) is 0.448. The van der Waals surface area contributed by atoms with Crippen molar-refractivity contribution in [3.63, 3.8) is 0 Å². The van der Waals surface area contributed by atoms with Crippen LogP contribution in [0.3, 0.4) is 0 Å². The Labute approximate surface area is 435 Å². The Morgan fingerprint density at radius 3 is 1.14 bits per heavy atom. The molecule has 0 aliphatic rings. The van der Waals surface area contributed by atoms with Crippen molar-refractivity contribution in [1.29, 1.82) is 0 Å². The fourth-order valence-corrected chi connectivity index (χ4v) is 7.69. The second-order valence-electron chi connectivity index (χ2n) is 18.0. The van der Waals surface area contributed by atoms with Crippen LogP contribution in [0.2, 0.25) is 0 Å². The lowest BCUT2D eigenvalue weighted by Crippen LogP contribution is -2.22. The first-order valence-corrected chi connectivity index (χ1v) is 25.7. The van der Waals surface area contributed by atoms with Crippen molar-refractivity contribution in [3.8, 4) is 23.0 Å². The molecule has 0 heterocycles. The Bertz CT molecular complexity index is 2140. The van der Waals surface area contributed by atoms with Gasteiger partial charge in [-0.3, -0.25) is 0 Å². The van der Waals surface area contributed by atoms with Gasteiger partial charge in [0, 0.05) is 50.6 Å². The number of benzene rings is 5. The molecule has 0 radical (unpaired) electrons. The van der Waals surface area contributed by atoms with E-state index in [2.05, 4.69) is 71.3 Å². The fourth-order valence-electron chi connectivity index (χ4n) is 7.69. The van der Waals surface area contributed by atoms with Gasteiger partial charge in [0.2, 0.25) is 0 Å². The summed E-state index contributed by atoms with van der Waals surface area (Å²) in [6.45, 7) is 5.54. The number of hydrogen-bond donors (Lipinski definition) is 12. The molecule has 2 atom stereocenters. The zero-order chi connectivity index (χ0) is 53.8. The van der Waals surface area contributed by atoms with Gasteiger partial charge in [-0.2, -0.15) is 0 Å². The maximum absolute atomic E-state index is 10.4. The number of nitrogens with one attached hydrogen (secondary N) is 2. The maximum Gasteiger partial charge on any atom is 0.339 e. The van der Waals surface area contributed by atoms with Gasteiger partial charge in [-0.15, -0.1) is 0 Å². The molecule has 2 unspecified atom stereocenters. The zero-order valence-electron chi connectivity index (χ0n) is 42.6. The van der Waals surface area contributed by atoms with Crippen LogP contribution in [0, 0.1) is 0 Å². The molecule has 0 fully saturated rings. The number of aromatic hydroxyl groups is 4. The minimum Gasteiger partial charge on any atom is -0.508 e. The predicted octanol–water partition coefficient (Wildman–Crippen LogP) is 8.71. The number of rotatable bonds is 34. The minimum atomic E-state index is -1.45. The number of carboxylic acids is 2. The van der Waals surface area contributed by atoms with Crippen LogP contribution in [0.5, 0.6) is 23.0 Å². The Morgan fingerprint density at radius 2 is 0.784 bits per heavy atom. The van der Waals surface area contributed by atoms with Gasteiger partial charge in [0.25, 0.3) is 0 Å². The molecule has 16 nitrogen and oxygen atoms in total. The second-order valence-corrected chi connectivity index (χ2v) is 18.0. The molecular weight excluding hydrogens is 949 g/mol. The first-order valence-electron chi connectivity index (χ1n) is 25.7. The number of aliphatic hydroxyl groups excluding tert-OH is 4. The summed E-state index contributed by atoms with van der Waals surface area (Å²) >= 11 is 0. The van der Waals surface area contributed by atoms with E-state index in [1.54, 1.807) is 24.3 Å². The molecule has 0 spiro atoms. The summed E-state index contributed by atoms with van der Waals surface area (Å²) in [4.78, 5) is 20.9. The van der Waals surface area contributed by atoms with Crippen LogP contribution in [-0.4, -0.2) is 116 Å². The lowest BCUT2D eigenvalue weighted by atomic mass is 10.1. The van der Waals surface area contributed by atoms with E-state index in [-0.39, 0.29) is 24.7 Å². The molecule has 74 heavy (non-hydrogen) atoms. The van der Waals surface area contributed by atoms with Crippen LogP contribution >= 0.6 is 0 Å². The number of phenols is 4. The summed E-state index contributed by atoms with van der Waals surface area (Å²) in [5, 5.41) is 99.7. The molecule has 5 aromatic carbocycles. The largest absolute Gasteiger partial charge is 0.508 e. The average molecular weight is 1030 g/mol. The summed E-state index contributed by atoms with van der Waals surface area (Å²) in [5.41, 5.74) is 3.97. The van der Waals surface area contributed by atoms with E-state index >= 15 is 0 Å². The van der Waals surface area contributed by atoms with Crippen LogP contribution in [0.25, 0.3) is 0 Å². The molecule has 5 rings (SSSR count). The molecule has 5 aromatic rings. The third-order valence-electron chi connectivity index (χ3n) is 12.0. The molecule has 0 aromatic heterocycles. The number of carbonyl (C=O) groups is 2. The first-order chi connectivity index (χ1) is 35.8. The van der Waals surface area contributed by atoms with Crippen LogP contribution in [0.4, 0.5) is 0 Å². The summed E-state index contributed by atoms with van der Waals surface area (Å²) in [7, 11) is 0. The maximum atomic E-state index is 10.4. The predicted molar refractivity (Wildman–Crippen MR) is 285 cm³/mol. The van der Waals surface area contributed by atoms with Gasteiger partial charge in [0.15, 0.2) is 0 Å². The monoisotopic (exact) mass is 1030 g/mol. The van der Waals surface area contributed by atoms with Crippen molar-refractivity contribution < 1.29 is 70.1 Å². The van der Waals surface area contributed by atoms with Crippen molar-refractivity contribution in [2.45, 2.75) is 115 Å². The minimum absolute atomic E-state index is 0.0533. The normalized spacial score (nSPS) is 11.7. The third-order valence-corrected chi connectivity index (χ3v) is 12.0. The zero-order valence-corrected chi connectivity index (χ0v) is 42.6. The summed E-state index contributed by atoms with van der Waals surface area (Å²) in [6, 6.07) is 32.2. The van der Waals surface area contributed by atoms with Crippen molar-refractivity contribution in [2.24, 2.45) is 0 Å². The number of aliphatic hydroxyl groups is 4. The highest BCUT2D eigenvalue weighted by molar-refractivity contribution is 5.96. The average Bonchev–Trinajstić information content (AvgIpc) is 3.40. The molecule has 406 valence electrons. The van der Waals surface area contributed by atoms with E-state index in [1.165, 1.54) is 36.1 Å². The molecular formula is C58H80N2O14. The van der Waals surface area contributed by atoms with Crippen molar-refractivity contribution in [1.82, 2.24) is 10.6 Å². The summed E-state index contributed by atoms with van der Waals surface area (Å²) < 4.78 is 11.4. The van der Waals surface area contributed by atoms with E-state index < -0.39 is 46.8 Å². The molecule has 0 amide bonds. The first kappa shape index (κ1) is 62.2. The molecule has 0 aliphatic heterocycles. The van der Waals surface area contributed by atoms with E-state index in [0.29, 0.717) is 47.5 Å². The Balaban J connectivity index is 0.000000312. The quantitative estimate of drug-likeness (QED) is 0.0136. The number of unbranched alkanes of at least 4 members (excludes halogenated alkanes) is 8. The molecule has 0 saturated carbocycles. The molecule has 0 bridgehead atoms. The van der Waals surface area contributed by atoms with Crippen LogP contribution < -0.4 is 10.6 Å². The number of ether oxygens (including phenoxy) is 2. The van der Waals surface area contributed by atoms with Gasteiger partial charge in [0.1, 0.15) is 34.1 Å². The van der Waals surface area contributed by atoms with E-state index in [9.17, 15) is 40.2 Å². The number of aryl methyl sites for hydroxylation is 2. The van der Waals surface area contributed by atoms with Crippen molar-refractivity contribution >= 4 is 11.9 Å². The molecule has 0 aliphatic carbocycles. The van der Waals surface area contributed by atoms with Gasteiger partial charge >= 0.3 is 11.9 Å². The lowest BCUT2D eigenvalue weighted by Gasteiger charge is -2.14. The van der Waals surface area contributed by atoms with Crippen molar-refractivity contribution in [2.75, 3.05) is 52.6 Å². The van der Waals surface area contributed by atoms with Crippen LogP contribution in [0.15, 0.2) is 109 Å². The standard InChI is InChI=1S/2C25H37NO4.C8H6O6/c2*27-20-23-18-22(13-14-24(23)28)25(29)19-26-15-7-1-2-8-16-30-17-9-6-12-21-10-4-3-5-11-21;9-5-1-3(7(11)12)6(10)2-4(5)8(13)14/h2*3-5,10-11,13-14,18,25-29H,1-2,6-9,12,15-17,19-20H2;1-2,9-10H,(H,11,12)(H,13,14). The molecule has 0 saturated heterocycles. The Morgan fingerprint density at radius 1 is 0.432 bits per heavy atom. The van der Waals surface area contributed by atoms with Crippen LogP contribution in [0.1, 0.15) is 143 Å². The van der Waals surface area contributed by atoms with Gasteiger partial charge in [0.05, 0.1) is 25.4 Å². The Kier molecular flexibility index (Phi) is 31.6. The highest BCUT2D eigenvalue weighted by atomic mass is 16.5. The van der Waals surface area contributed by atoms with E-state index in [4.69, 9.17) is 29.9 Å². The molecule has 16 heteroatoms. The number of carboxylic acid groups (broad SMARTS) is 2. The van der Waals surface area contributed by atoms with Crippen LogP contribution in [-0.2, 0) is 35.5 Å². The van der Waals surface area contributed by atoms with E-state index in [1.807, 2.05) is 0 Å². The number of hydrogen-bond acceptors (Lipinski definition) is 14. The Hall–Kier alpha value is -6.08.